The number of nitroso groups, excluding NO2 is 1. The fourth-order valence-electron chi connectivity index (χ4n) is 2.47. The van der Waals surface area contributed by atoms with Crippen molar-refractivity contribution in [2.75, 3.05) is 13.1 Å². The molecule has 0 amide bonds. The molecular formula is C15H14N4O2. The van der Waals surface area contributed by atoms with Gasteiger partial charge in [-0.15, -0.1) is 4.91 Å². The molecule has 1 atom stereocenters. The standard InChI is InChI=1S/C15H14N4O2/c20-15(12-6-2-1-3-7-12,13-8-4-5-9-16-13)14-17-10-11-19(14)18-21/h1-9,20H,10-11H2. The van der Waals surface area contributed by atoms with E-state index in [9.17, 15) is 10.0 Å². The van der Waals surface area contributed by atoms with Gasteiger partial charge in [0.25, 0.3) is 0 Å². The zero-order chi connectivity index (χ0) is 14.7. The average molecular weight is 282 g/mol. The number of aliphatic hydroxyl groups is 1. The zero-order valence-corrected chi connectivity index (χ0v) is 11.3. The Balaban J connectivity index is 2.19. The molecule has 1 N–H and O–H groups in total. The van der Waals surface area contributed by atoms with Crippen molar-refractivity contribution in [3.63, 3.8) is 0 Å². The number of rotatable bonds is 4. The third-order valence-electron chi connectivity index (χ3n) is 3.47. The normalized spacial score (nSPS) is 17.2. The summed E-state index contributed by atoms with van der Waals surface area (Å²) < 4.78 is 0. The molecule has 2 heterocycles. The molecule has 0 spiro atoms. The van der Waals surface area contributed by atoms with Crippen LogP contribution >= 0.6 is 0 Å². The van der Waals surface area contributed by atoms with Gasteiger partial charge < -0.3 is 5.11 Å². The lowest BCUT2D eigenvalue weighted by Crippen LogP contribution is -2.44. The summed E-state index contributed by atoms with van der Waals surface area (Å²) in [7, 11) is 0. The Hall–Kier alpha value is -2.60. The smallest absolute Gasteiger partial charge is 0.191 e. The highest BCUT2D eigenvalue weighted by Gasteiger charge is 2.44. The van der Waals surface area contributed by atoms with Crippen molar-refractivity contribution < 1.29 is 5.11 Å². The van der Waals surface area contributed by atoms with Crippen LogP contribution in [0.4, 0.5) is 0 Å². The Morgan fingerprint density at radius 2 is 1.90 bits per heavy atom. The molecule has 21 heavy (non-hydrogen) atoms. The number of nitrogens with zero attached hydrogens (tertiary/aromatic N) is 4. The van der Waals surface area contributed by atoms with E-state index in [0.29, 0.717) is 24.3 Å². The SMILES string of the molecule is O=NN1CCN=C1C(O)(c1ccccc1)c1ccccn1. The first-order chi connectivity index (χ1) is 10.3. The molecule has 1 aliphatic rings. The first-order valence-corrected chi connectivity index (χ1v) is 6.62. The summed E-state index contributed by atoms with van der Waals surface area (Å²) in [6, 6.07) is 14.3. The van der Waals surface area contributed by atoms with Crippen LogP contribution in [0.15, 0.2) is 65.0 Å². The predicted octanol–water partition coefficient (Wildman–Crippen LogP) is 1.71. The van der Waals surface area contributed by atoms with Gasteiger partial charge in [-0.05, 0) is 17.7 Å². The van der Waals surface area contributed by atoms with Gasteiger partial charge >= 0.3 is 0 Å². The van der Waals surface area contributed by atoms with Crippen molar-refractivity contribution in [2.45, 2.75) is 5.60 Å². The van der Waals surface area contributed by atoms with Gasteiger partial charge in [-0.2, -0.15) is 0 Å². The summed E-state index contributed by atoms with van der Waals surface area (Å²) in [5.41, 5.74) is -0.587. The highest BCUT2D eigenvalue weighted by atomic mass is 16.3. The molecule has 3 rings (SSSR count). The molecule has 0 bridgehead atoms. The molecule has 106 valence electrons. The van der Waals surface area contributed by atoms with E-state index in [4.69, 9.17) is 0 Å². The molecule has 6 nitrogen and oxygen atoms in total. The van der Waals surface area contributed by atoms with Crippen molar-refractivity contribution in [1.29, 1.82) is 0 Å². The third kappa shape index (κ3) is 2.19. The Kier molecular flexibility index (Phi) is 3.45. The first kappa shape index (κ1) is 13.4. The fraction of sp³-hybridized carbons (Fsp3) is 0.200. The minimum atomic E-state index is -1.59. The Labute approximate surface area is 121 Å². The van der Waals surface area contributed by atoms with E-state index < -0.39 is 5.60 Å². The number of hydrogen-bond acceptors (Lipinski definition) is 5. The largest absolute Gasteiger partial charge is 0.372 e. The second-order valence-corrected chi connectivity index (χ2v) is 4.70. The Morgan fingerprint density at radius 1 is 1.14 bits per heavy atom. The van der Waals surface area contributed by atoms with E-state index in [1.54, 1.807) is 36.5 Å². The van der Waals surface area contributed by atoms with Gasteiger partial charge in [-0.1, -0.05) is 36.4 Å². The Morgan fingerprint density at radius 3 is 2.57 bits per heavy atom. The lowest BCUT2D eigenvalue weighted by molar-refractivity contribution is 0.136. The molecule has 0 radical (unpaired) electrons. The summed E-state index contributed by atoms with van der Waals surface area (Å²) in [5, 5.41) is 15.5. The van der Waals surface area contributed by atoms with Gasteiger partial charge in [0, 0.05) is 6.20 Å². The van der Waals surface area contributed by atoms with E-state index in [1.807, 2.05) is 18.2 Å². The van der Waals surface area contributed by atoms with Crippen LogP contribution in [-0.2, 0) is 5.60 Å². The molecule has 1 aromatic carbocycles. The van der Waals surface area contributed by atoms with Gasteiger partial charge in [0.15, 0.2) is 11.4 Å². The van der Waals surface area contributed by atoms with E-state index in [1.165, 1.54) is 5.01 Å². The summed E-state index contributed by atoms with van der Waals surface area (Å²) in [6.45, 7) is 0.782. The average Bonchev–Trinajstić information content (AvgIpc) is 3.05. The van der Waals surface area contributed by atoms with Crippen molar-refractivity contribution in [3.8, 4) is 0 Å². The third-order valence-corrected chi connectivity index (χ3v) is 3.47. The molecule has 0 saturated heterocycles. The molecule has 1 unspecified atom stereocenters. The monoisotopic (exact) mass is 282 g/mol. The molecule has 0 aliphatic carbocycles. The number of hydrogen-bond donors (Lipinski definition) is 1. The molecule has 1 aromatic heterocycles. The number of pyridine rings is 1. The van der Waals surface area contributed by atoms with Crippen molar-refractivity contribution in [2.24, 2.45) is 10.3 Å². The van der Waals surface area contributed by atoms with E-state index >= 15 is 0 Å². The lowest BCUT2D eigenvalue weighted by Gasteiger charge is -2.30. The van der Waals surface area contributed by atoms with Crippen molar-refractivity contribution in [3.05, 3.63) is 70.9 Å². The van der Waals surface area contributed by atoms with Crippen LogP contribution in [0.1, 0.15) is 11.3 Å². The molecule has 6 heteroatoms. The van der Waals surface area contributed by atoms with Crippen LogP contribution in [0.25, 0.3) is 0 Å². The maximum Gasteiger partial charge on any atom is 0.191 e. The van der Waals surface area contributed by atoms with Gasteiger partial charge in [0.1, 0.15) is 0 Å². The summed E-state index contributed by atoms with van der Waals surface area (Å²) in [6.07, 6.45) is 1.59. The van der Waals surface area contributed by atoms with Crippen LogP contribution in [0.5, 0.6) is 0 Å². The molecule has 2 aromatic rings. The van der Waals surface area contributed by atoms with Crippen LogP contribution in [0, 0.1) is 4.91 Å². The summed E-state index contributed by atoms with van der Waals surface area (Å²) >= 11 is 0. The highest BCUT2D eigenvalue weighted by molar-refractivity contribution is 5.95. The topological polar surface area (TPSA) is 78.2 Å². The lowest BCUT2D eigenvalue weighted by atomic mass is 9.88. The number of benzene rings is 1. The maximum absolute atomic E-state index is 11.3. The minimum absolute atomic E-state index is 0.211. The molecule has 0 fully saturated rings. The maximum atomic E-state index is 11.3. The van der Waals surface area contributed by atoms with Crippen LogP contribution in [0.3, 0.4) is 0 Å². The van der Waals surface area contributed by atoms with Crippen LogP contribution in [-0.4, -0.2) is 34.0 Å². The van der Waals surface area contributed by atoms with E-state index in [0.717, 1.165) is 0 Å². The van der Waals surface area contributed by atoms with Gasteiger partial charge in [-0.3, -0.25) is 9.98 Å². The van der Waals surface area contributed by atoms with Crippen molar-refractivity contribution in [1.82, 2.24) is 9.99 Å². The molecular weight excluding hydrogens is 268 g/mol. The quantitative estimate of drug-likeness (QED) is 0.866. The summed E-state index contributed by atoms with van der Waals surface area (Å²) in [4.78, 5) is 19.5. The number of aromatic nitrogens is 1. The first-order valence-electron chi connectivity index (χ1n) is 6.62. The highest BCUT2D eigenvalue weighted by Crippen LogP contribution is 2.32. The summed E-state index contributed by atoms with van der Waals surface area (Å²) in [5.74, 6) is 0.211. The van der Waals surface area contributed by atoms with Crippen molar-refractivity contribution >= 4 is 5.84 Å². The fourth-order valence-corrected chi connectivity index (χ4v) is 2.47. The minimum Gasteiger partial charge on any atom is -0.372 e. The van der Waals surface area contributed by atoms with E-state index in [2.05, 4.69) is 15.3 Å². The van der Waals surface area contributed by atoms with Gasteiger partial charge in [0.2, 0.25) is 0 Å². The second kappa shape index (κ2) is 5.41. The Bertz CT molecular complexity index is 618. The number of amidine groups is 1. The predicted molar refractivity (Wildman–Crippen MR) is 78.5 cm³/mol. The van der Waals surface area contributed by atoms with Crippen LogP contribution < -0.4 is 0 Å². The van der Waals surface area contributed by atoms with Gasteiger partial charge in [0.05, 0.1) is 24.1 Å². The number of aliphatic imine (C=N–C) groups is 1. The van der Waals surface area contributed by atoms with Gasteiger partial charge in [-0.25, -0.2) is 5.01 Å². The molecule has 0 saturated carbocycles. The molecule has 1 aliphatic heterocycles. The van der Waals surface area contributed by atoms with E-state index in [-0.39, 0.29) is 5.84 Å². The second-order valence-electron chi connectivity index (χ2n) is 4.70. The van der Waals surface area contributed by atoms with Crippen LogP contribution in [0.2, 0.25) is 0 Å². The zero-order valence-electron chi connectivity index (χ0n) is 11.3.